The van der Waals surface area contributed by atoms with Crippen molar-refractivity contribution in [1.29, 1.82) is 0 Å². The zero-order valence-corrected chi connectivity index (χ0v) is 10.3. The first-order valence-corrected chi connectivity index (χ1v) is 6.16. The third kappa shape index (κ3) is 13.3. The standard InChI is InChI=1S/C7H12O7.H3O4P/c8-2-5(11)6(12)3(9)1-4(10)7(13)14;1-5(2,3)4/h3,5-6,8-9,11-12H,1-2H2,(H,13,14);(H3,1,2,3,4)/t3-,5?,6-;/m0./s1. The van der Waals surface area contributed by atoms with Crippen molar-refractivity contribution >= 4 is 19.6 Å². The van der Waals surface area contributed by atoms with E-state index in [-0.39, 0.29) is 0 Å². The van der Waals surface area contributed by atoms with E-state index in [0.29, 0.717) is 0 Å². The molecule has 0 aliphatic heterocycles. The number of carboxylic acid groups (broad SMARTS) is 1. The number of aliphatic hydroxyl groups is 4. The molecule has 11 nitrogen and oxygen atoms in total. The maximum atomic E-state index is 10.6. The normalized spacial score (nSPS) is 15.7. The van der Waals surface area contributed by atoms with Crippen molar-refractivity contribution in [2.24, 2.45) is 0 Å². The minimum absolute atomic E-state index is 0.792. The number of aliphatic carboxylic acids is 1. The molecule has 8 N–H and O–H groups in total. The van der Waals surface area contributed by atoms with Crippen LogP contribution in [0.5, 0.6) is 0 Å². The lowest BCUT2D eigenvalue weighted by molar-refractivity contribution is -0.151. The molecule has 0 radical (unpaired) electrons. The lowest BCUT2D eigenvalue weighted by Crippen LogP contribution is -2.41. The molecule has 0 aliphatic rings. The van der Waals surface area contributed by atoms with E-state index in [9.17, 15) is 9.59 Å². The molecule has 0 rings (SSSR count). The molecule has 0 saturated carbocycles. The Kier molecular flexibility index (Phi) is 9.74. The van der Waals surface area contributed by atoms with Crippen LogP contribution >= 0.6 is 7.82 Å². The molecule has 114 valence electrons. The summed E-state index contributed by atoms with van der Waals surface area (Å²) in [6.45, 7) is -0.792. The first kappa shape index (κ1) is 20.4. The first-order chi connectivity index (χ1) is 8.40. The molecule has 0 aromatic carbocycles. The highest BCUT2D eigenvalue weighted by Crippen LogP contribution is 2.25. The summed E-state index contributed by atoms with van der Waals surface area (Å²) >= 11 is 0. The Morgan fingerprint density at radius 3 is 1.63 bits per heavy atom. The highest BCUT2D eigenvalue weighted by Gasteiger charge is 2.27. The van der Waals surface area contributed by atoms with Crippen molar-refractivity contribution in [2.75, 3.05) is 6.61 Å². The zero-order chi connectivity index (χ0) is 15.8. The van der Waals surface area contributed by atoms with Crippen LogP contribution < -0.4 is 0 Å². The van der Waals surface area contributed by atoms with E-state index >= 15 is 0 Å². The molecule has 0 aliphatic carbocycles. The third-order valence-corrected chi connectivity index (χ3v) is 1.61. The summed E-state index contributed by atoms with van der Waals surface area (Å²) in [6.07, 6.45) is -5.87. The van der Waals surface area contributed by atoms with Crippen LogP contribution in [0.25, 0.3) is 0 Å². The summed E-state index contributed by atoms with van der Waals surface area (Å²) in [5, 5.41) is 43.4. The van der Waals surface area contributed by atoms with Crippen molar-refractivity contribution in [2.45, 2.75) is 24.7 Å². The van der Waals surface area contributed by atoms with Gasteiger partial charge in [0.2, 0.25) is 5.78 Å². The largest absolute Gasteiger partial charge is 0.475 e. The lowest BCUT2D eigenvalue weighted by Gasteiger charge is -2.20. The maximum Gasteiger partial charge on any atom is 0.466 e. The minimum Gasteiger partial charge on any atom is -0.475 e. The van der Waals surface area contributed by atoms with Crippen LogP contribution in [0.15, 0.2) is 0 Å². The fourth-order valence-electron chi connectivity index (χ4n) is 0.762. The van der Waals surface area contributed by atoms with Gasteiger partial charge < -0.3 is 40.2 Å². The van der Waals surface area contributed by atoms with Gasteiger partial charge in [-0.25, -0.2) is 9.36 Å². The van der Waals surface area contributed by atoms with E-state index in [1.54, 1.807) is 0 Å². The van der Waals surface area contributed by atoms with Crippen molar-refractivity contribution in [1.82, 2.24) is 0 Å². The second kappa shape index (κ2) is 9.07. The minimum atomic E-state index is -4.64. The van der Waals surface area contributed by atoms with E-state index in [4.69, 9.17) is 44.8 Å². The molecule has 0 aromatic rings. The van der Waals surface area contributed by atoms with E-state index < -0.39 is 50.9 Å². The molecule has 0 saturated heterocycles. The van der Waals surface area contributed by atoms with E-state index in [2.05, 4.69) is 0 Å². The molecule has 19 heavy (non-hydrogen) atoms. The molecule has 12 heteroatoms. The van der Waals surface area contributed by atoms with Crippen molar-refractivity contribution < 1.29 is 54.4 Å². The number of carboxylic acids is 1. The van der Waals surface area contributed by atoms with Gasteiger partial charge in [0.1, 0.15) is 12.2 Å². The Balaban J connectivity index is 0. The zero-order valence-electron chi connectivity index (χ0n) is 9.40. The number of aliphatic hydroxyl groups excluding tert-OH is 4. The van der Waals surface area contributed by atoms with Crippen LogP contribution in [-0.4, -0.2) is 76.9 Å². The van der Waals surface area contributed by atoms with Crippen LogP contribution in [0.3, 0.4) is 0 Å². The molecular formula is C7H15O11P. The van der Waals surface area contributed by atoms with Crippen LogP contribution in [0.1, 0.15) is 6.42 Å². The Labute approximate surface area is 106 Å². The quantitative estimate of drug-likeness (QED) is 0.176. The van der Waals surface area contributed by atoms with Gasteiger partial charge in [-0.1, -0.05) is 0 Å². The van der Waals surface area contributed by atoms with Crippen LogP contribution in [0.2, 0.25) is 0 Å². The van der Waals surface area contributed by atoms with Crippen molar-refractivity contribution in [3.05, 3.63) is 0 Å². The summed E-state index contributed by atoms with van der Waals surface area (Å²) in [5.74, 6) is -3.00. The molecule has 0 bridgehead atoms. The highest BCUT2D eigenvalue weighted by atomic mass is 31.2. The number of phosphoric acid groups is 1. The molecule has 0 spiro atoms. The van der Waals surface area contributed by atoms with Gasteiger partial charge in [0.05, 0.1) is 12.7 Å². The summed E-state index contributed by atoms with van der Waals surface area (Å²) in [5.41, 5.74) is 0. The Hall–Kier alpha value is -0.910. The van der Waals surface area contributed by atoms with Crippen LogP contribution in [0, 0.1) is 0 Å². The number of hydrogen-bond acceptors (Lipinski definition) is 7. The average molecular weight is 306 g/mol. The lowest BCUT2D eigenvalue weighted by atomic mass is 10.0. The first-order valence-electron chi connectivity index (χ1n) is 4.59. The molecule has 0 aromatic heterocycles. The van der Waals surface area contributed by atoms with E-state index in [1.807, 2.05) is 0 Å². The fraction of sp³-hybridized carbons (Fsp3) is 0.714. The van der Waals surface area contributed by atoms with Crippen LogP contribution in [0.4, 0.5) is 0 Å². The molecule has 1 unspecified atom stereocenters. The van der Waals surface area contributed by atoms with Gasteiger partial charge in [-0.2, -0.15) is 0 Å². The molecule has 3 atom stereocenters. The summed E-state index contributed by atoms with van der Waals surface area (Å²) < 4.78 is 8.88. The van der Waals surface area contributed by atoms with Gasteiger partial charge in [-0.05, 0) is 0 Å². The monoisotopic (exact) mass is 306 g/mol. The number of carbonyl (C=O) groups is 2. The van der Waals surface area contributed by atoms with Crippen molar-refractivity contribution in [3.63, 3.8) is 0 Å². The molecular weight excluding hydrogens is 291 g/mol. The van der Waals surface area contributed by atoms with E-state index in [1.165, 1.54) is 0 Å². The number of Topliss-reactive ketones (excluding diaryl/α,β-unsaturated/α-hetero) is 1. The van der Waals surface area contributed by atoms with Gasteiger partial charge >= 0.3 is 13.8 Å². The topological polar surface area (TPSA) is 213 Å². The molecule has 0 heterocycles. The summed E-state index contributed by atoms with van der Waals surface area (Å²) in [7, 11) is -4.64. The predicted octanol–water partition coefficient (Wildman–Crippen LogP) is -3.82. The Bertz CT molecular complexity index is 328. The molecule has 0 fully saturated rings. The number of rotatable bonds is 6. The fourth-order valence-corrected chi connectivity index (χ4v) is 0.762. The summed E-state index contributed by atoms with van der Waals surface area (Å²) in [6, 6.07) is 0. The Morgan fingerprint density at radius 2 is 1.37 bits per heavy atom. The maximum absolute atomic E-state index is 10.6. The average Bonchev–Trinajstić information content (AvgIpc) is 2.24. The third-order valence-electron chi connectivity index (χ3n) is 1.61. The number of ketones is 1. The Morgan fingerprint density at radius 1 is 1.00 bits per heavy atom. The second-order valence-electron chi connectivity index (χ2n) is 3.25. The summed E-state index contributed by atoms with van der Waals surface area (Å²) in [4.78, 5) is 42.2. The van der Waals surface area contributed by atoms with Gasteiger partial charge in [0.25, 0.3) is 0 Å². The number of hydrogen-bond donors (Lipinski definition) is 8. The van der Waals surface area contributed by atoms with E-state index in [0.717, 1.165) is 0 Å². The highest BCUT2D eigenvalue weighted by molar-refractivity contribution is 7.45. The SMILES string of the molecule is O=C(O)C(=O)C[C@H](O)[C@H](O)C(O)CO.O=P(O)(O)O. The van der Waals surface area contributed by atoms with Gasteiger partial charge in [0, 0.05) is 6.42 Å². The molecule has 0 amide bonds. The predicted molar refractivity (Wildman–Crippen MR) is 56.6 cm³/mol. The van der Waals surface area contributed by atoms with Gasteiger partial charge in [0.15, 0.2) is 0 Å². The van der Waals surface area contributed by atoms with Gasteiger partial charge in [-0.15, -0.1) is 0 Å². The second-order valence-corrected chi connectivity index (χ2v) is 4.28. The van der Waals surface area contributed by atoms with Gasteiger partial charge in [-0.3, -0.25) is 4.79 Å². The van der Waals surface area contributed by atoms with Crippen LogP contribution in [-0.2, 0) is 14.2 Å². The van der Waals surface area contributed by atoms with Crippen molar-refractivity contribution in [3.8, 4) is 0 Å². The smallest absolute Gasteiger partial charge is 0.466 e. The number of carbonyl (C=O) groups excluding carboxylic acids is 1.